The number of fused-ring (bicyclic) bond motifs is 1. The lowest BCUT2D eigenvalue weighted by Gasteiger charge is -2.57. The molecule has 28 heavy (non-hydrogen) atoms. The van der Waals surface area contributed by atoms with Crippen molar-refractivity contribution in [3.8, 4) is 0 Å². The number of rotatable bonds is 4. The molecule has 2 heterocycles. The summed E-state index contributed by atoms with van der Waals surface area (Å²) >= 11 is 0. The first-order valence-corrected chi connectivity index (χ1v) is 10.4. The minimum atomic E-state index is -0.827. The van der Waals surface area contributed by atoms with Crippen LogP contribution in [0.4, 0.5) is 0 Å². The molecule has 4 aliphatic rings. The molecule has 0 aromatic carbocycles. The fourth-order valence-corrected chi connectivity index (χ4v) is 6.15. The summed E-state index contributed by atoms with van der Waals surface area (Å²) < 4.78 is 7.30. The van der Waals surface area contributed by atoms with Crippen LogP contribution in [0.2, 0.25) is 0 Å². The number of aryl methyl sites for hydroxylation is 1. The third-order valence-electron chi connectivity index (χ3n) is 6.98. The molecule has 4 aliphatic carbocycles. The van der Waals surface area contributed by atoms with E-state index in [9.17, 15) is 9.59 Å². The lowest BCUT2D eigenvalue weighted by molar-refractivity contribution is -0.134. The summed E-state index contributed by atoms with van der Waals surface area (Å²) in [5, 5.41) is 3.28. The minimum absolute atomic E-state index is 0.0767. The van der Waals surface area contributed by atoms with Gasteiger partial charge in [0, 0.05) is 17.4 Å². The van der Waals surface area contributed by atoms with Gasteiger partial charge in [-0.05, 0) is 82.3 Å². The molecule has 2 aromatic rings. The zero-order chi connectivity index (χ0) is 19.5. The van der Waals surface area contributed by atoms with Gasteiger partial charge in [-0.15, -0.1) is 0 Å². The van der Waals surface area contributed by atoms with Crippen LogP contribution in [0, 0.1) is 24.7 Å². The maximum absolute atomic E-state index is 12.8. The lowest BCUT2D eigenvalue weighted by Crippen LogP contribution is -2.61. The van der Waals surface area contributed by atoms with E-state index in [1.807, 2.05) is 29.5 Å². The van der Waals surface area contributed by atoms with Gasteiger partial charge in [0.2, 0.25) is 0 Å². The molecule has 2 aromatic heterocycles. The maximum atomic E-state index is 12.8. The van der Waals surface area contributed by atoms with Gasteiger partial charge < -0.3 is 14.5 Å². The first-order chi connectivity index (χ1) is 13.4. The van der Waals surface area contributed by atoms with Crippen molar-refractivity contribution >= 4 is 17.5 Å². The molecule has 4 fully saturated rings. The summed E-state index contributed by atoms with van der Waals surface area (Å²) in [7, 11) is 0. The molecule has 6 heteroatoms. The fraction of sp³-hybridized carbons (Fsp3) is 0.591. The number of nitrogens with zero attached hydrogens (tertiary/aromatic N) is 2. The predicted molar refractivity (Wildman–Crippen MR) is 104 cm³/mol. The molecule has 0 aliphatic heterocycles. The zero-order valence-corrected chi connectivity index (χ0v) is 16.5. The Bertz CT molecular complexity index is 912. The Morgan fingerprint density at radius 3 is 2.43 bits per heavy atom. The van der Waals surface area contributed by atoms with E-state index in [2.05, 4.69) is 10.3 Å². The number of amides is 1. The molecule has 0 saturated heterocycles. The number of carbonyl (C=O) groups excluding carboxylic acids is 2. The molecule has 0 unspecified atom stereocenters. The van der Waals surface area contributed by atoms with Crippen LogP contribution in [0.3, 0.4) is 0 Å². The van der Waals surface area contributed by atoms with E-state index in [-0.39, 0.29) is 17.1 Å². The van der Waals surface area contributed by atoms with Gasteiger partial charge in [0.05, 0.1) is 0 Å². The van der Waals surface area contributed by atoms with Crippen molar-refractivity contribution in [3.05, 3.63) is 35.8 Å². The van der Waals surface area contributed by atoms with E-state index in [0.717, 1.165) is 42.7 Å². The number of imidazole rings is 1. The molecular weight excluding hydrogens is 354 g/mol. The second-order valence-corrected chi connectivity index (χ2v) is 9.26. The molecule has 0 radical (unpaired) electrons. The second kappa shape index (κ2) is 6.33. The average molecular weight is 381 g/mol. The summed E-state index contributed by atoms with van der Waals surface area (Å²) in [6, 6.07) is 5.69. The second-order valence-electron chi connectivity index (χ2n) is 9.26. The third-order valence-corrected chi connectivity index (χ3v) is 6.98. The van der Waals surface area contributed by atoms with Crippen LogP contribution in [-0.4, -0.2) is 32.9 Å². The highest BCUT2D eigenvalue weighted by Crippen LogP contribution is 2.55. The Morgan fingerprint density at radius 2 is 1.82 bits per heavy atom. The molecule has 1 amide bonds. The van der Waals surface area contributed by atoms with Crippen molar-refractivity contribution in [3.63, 3.8) is 0 Å². The SMILES string of the molecule is Cc1cccc2nc(C(=O)O[C@@H](C)C(=O)NC34CC5CC(CC(C5)C3)C4)cn12. The average Bonchev–Trinajstić information content (AvgIpc) is 3.06. The molecule has 1 atom stereocenters. The van der Waals surface area contributed by atoms with Gasteiger partial charge in [0.1, 0.15) is 5.65 Å². The highest BCUT2D eigenvalue weighted by Gasteiger charge is 2.51. The van der Waals surface area contributed by atoms with E-state index >= 15 is 0 Å². The summed E-state index contributed by atoms with van der Waals surface area (Å²) in [6.07, 6.45) is 8.06. The largest absolute Gasteiger partial charge is 0.448 e. The topological polar surface area (TPSA) is 72.7 Å². The Morgan fingerprint density at radius 1 is 1.18 bits per heavy atom. The lowest BCUT2D eigenvalue weighted by atomic mass is 9.53. The summed E-state index contributed by atoms with van der Waals surface area (Å²) in [4.78, 5) is 29.7. The Balaban J connectivity index is 1.26. The van der Waals surface area contributed by atoms with Gasteiger partial charge in [-0.2, -0.15) is 0 Å². The number of hydrogen-bond acceptors (Lipinski definition) is 4. The quantitative estimate of drug-likeness (QED) is 0.825. The van der Waals surface area contributed by atoms with Crippen LogP contribution < -0.4 is 5.32 Å². The zero-order valence-electron chi connectivity index (χ0n) is 16.5. The molecule has 4 saturated carbocycles. The van der Waals surface area contributed by atoms with E-state index < -0.39 is 12.1 Å². The molecule has 6 nitrogen and oxygen atoms in total. The Labute approximate surface area is 164 Å². The van der Waals surface area contributed by atoms with Crippen LogP contribution in [0.1, 0.15) is 61.6 Å². The highest BCUT2D eigenvalue weighted by atomic mass is 16.5. The predicted octanol–water partition coefficient (Wildman–Crippen LogP) is 3.27. The van der Waals surface area contributed by atoms with Crippen molar-refractivity contribution in [2.24, 2.45) is 17.8 Å². The van der Waals surface area contributed by atoms with Crippen LogP contribution in [0.25, 0.3) is 5.65 Å². The number of ether oxygens (including phenoxy) is 1. The van der Waals surface area contributed by atoms with E-state index in [0.29, 0.717) is 5.65 Å². The molecule has 148 valence electrons. The Hall–Kier alpha value is -2.37. The van der Waals surface area contributed by atoms with Crippen molar-refractivity contribution < 1.29 is 14.3 Å². The van der Waals surface area contributed by atoms with E-state index in [4.69, 9.17) is 4.74 Å². The number of aromatic nitrogens is 2. The summed E-state index contributed by atoms with van der Waals surface area (Å²) in [5.41, 5.74) is 1.82. The first kappa shape index (κ1) is 17.7. The van der Waals surface area contributed by atoms with E-state index in [1.165, 1.54) is 19.3 Å². The standard InChI is InChI=1S/C22H27N3O3/c1-13-4-3-5-19-23-18(12-25(13)19)21(27)28-14(2)20(26)24-22-9-15-6-16(10-22)8-17(7-15)11-22/h3-5,12,14-17H,6-11H2,1-2H3,(H,24,26)/t14-,15?,16?,17?,22?/m0/s1. The van der Waals surface area contributed by atoms with Gasteiger partial charge in [-0.3, -0.25) is 4.79 Å². The molecule has 4 bridgehead atoms. The van der Waals surface area contributed by atoms with Gasteiger partial charge in [0.25, 0.3) is 5.91 Å². The van der Waals surface area contributed by atoms with Gasteiger partial charge in [-0.25, -0.2) is 9.78 Å². The number of hydrogen-bond donors (Lipinski definition) is 1. The van der Waals surface area contributed by atoms with Crippen LogP contribution in [0.15, 0.2) is 24.4 Å². The van der Waals surface area contributed by atoms with Crippen molar-refractivity contribution in [1.29, 1.82) is 0 Å². The van der Waals surface area contributed by atoms with Crippen molar-refractivity contribution in [2.45, 2.75) is 64.0 Å². The van der Waals surface area contributed by atoms with E-state index in [1.54, 1.807) is 13.1 Å². The normalized spacial score (nSPS) is 31.7. The van der Waals surface area contributed by atoms with Crippen molar-refractivity contribution in [1.82, 2.24) is 14.7 Å². The molecule has 6 rings (SSSR count). The van der Waals surface area contributed by atoms with Gasteiger partial charge in [-0.1, -0.05) is 6.07 Å². The van der Waals surface area contributed by atoms with Gasteiger partial charge in [0.15, 0.2) is 11.8 Å². The molecular formula is C22H27N3O3. The van der Waals surface area contributed by atoms with Crippen LogP contribution in [0.5, 0.6) is 0 Å². The summed E-state index contributed by atoms with van der Waals surface area (Å²) in [6.45, 7) is 3.60. The van der Waals surface area contributed by atoms with Crippen LogP contribution in [-0.2, 0) is 9.53 Å². The van der Waals surface area contributed by atoms with Gasteiger partial charge >= 0.3 is 5.97 Å². The number of pyridine rings is 1. The number of carbonyl (C=O) groups is 2. The third kappa shape index (κ3) is 2.99. The Kier molecular flexibility index (Phi) is 4.00. The minimum Gasteiger partial charge on any atom is -0.448 e. The fourth-order valence-electron chi connectivity index (χ4n) is 6.15. The highest BCUT2D eigenvalue weighted by molar-refractivity contribution is 5.91. The summed E-state index contributed by atoms with van der Waals surface area (Å²) in [5.74, 6) is 1.52. The first-order valence-electron chi connectivity index (χ1n) is 10.4. The molecule has 1 N–H and O–H groups in total. The maximum Gasteiger partial charge on any atom is 0.359 e. The smallest absolute Gasteiger partial charge is 0.359 e. The number of esters is 1. The number of nitrogens with one attached hydrogen (secondary N) is 1. The monoisotopic (exact) mass is 381 g/mol. The van der Waals surface area contributed by atoms with Crippen molar-refractivity contribution in [2.75, 3.05) is 0 Å². The molecule has 0 spiro atoms. The van der Waals surface area contributed by atoms with Crippen LogP contribution >= 0.6 is 0 Å².